The molecule has 130 valence electrons. The topological polar surface area (TPSA) is 48.9 Å². The van der Waals surface area contributed by atoms with E-state index in [1.807, 2.05) is 14.1 Å². The molecule has 6 heteroatoms. The Morgan fingerprint density at radius 2 is 1.96 bits per heavy atom. The van der Waals surface area contributed by atoms with Crippen LogP contribution >= 0.6 is 24.0 Å². The second-order valence-electron chi connectivity index (χ2n) is 6.24. The Bertz CT molecular complexity index is 496. The first-order valence-corrected chi connectivity index (χ1v) is 7.87. The Morgan fingerprint density at radius 1 is 1.26 bits per heavy atom. The Morgan fingerprint density at radius 3 is 2.48 bits per heavy atom. The third-order valence-electron chi connectivity index (χ3n) is 4.07. The maximum Gasteiger partial charge on any atom is 0.191 e. The van der Waals surface area contributed by atoms with Gasteiger partial charge in [-0.05, 0) is 37.5 Å². The van der Waals surface area contributed by atoms with Crippen LogP contribution in [0.25, 0.3) is 0 Å². The van der Waals surface area contributed by atoms with E-state index in [9.17, 15) is 0 Å². The van der Waals surface area contributed by atoms with Crippen molar-refractivity contribution < 1.29 is 4.74 Å². The smallest absolute Gasteiger partial charge is 0.191 e. The zero-order chi connectivity index (χ0) is 16.0. The summed E-state index contributed by atoms with van der Waals surface area (Å²) in [6.45, 7) is 4.56. The van der Waals surface area contributed by atoms with Gasteiger partial charge in [-0.3, -0.25) is 4.99 Å². The van der Waals surface area contributed by atoms with Gasteiger partial charge in [-0.15, -0.1) is 24.0 Å². The molecule has 1 aromatic carbocycles. The normalized spacial score (nSPS) is 20.8. The lowest BCUT2D eigenvalue weighted by Crippen LogP contribution is -2.45. The molecular weight excluding hydrogens is 403 g/mol. The fourth-order valence-corrected chi connectivity index (χ4v) is 2.57. The van der Waals surface area contributed by atoms with Crippen molar-refractivity contribution in [3.8, 4) is 0 Å². The Hall–Kier alpha value is -1.02. The van der Waals surface area contributed by atoms with Gasteiger partial charge in [0.25, 0.3) is 0 Å². The monoisotopic (exact) mass is 432 g/mol. The molecule has 0 amide bonds. The van der Waals surface area contributed by atoms with Crippen LogP contribution in [-0.4, -0.2) is 45.9 Å². The molecule has 0 radical (unpaired) electrons. The molecule has 23 heavy (non-hydrogen) atoms. The number of aliphatic imine (C=N–C) groups is 1. The zero-order valence-electron chi connectivity index (χ0n) is 14.6. The minimum atomic E-state index is -0.0645. The second kappa shape index (κ2) is 9.32. The van der Waals surface area contributed by atoms with Crippen LogP contribution in [0.2, 0.25) is 0 Å². The maximum absolute atomic E-state index is 5.78. The number of halogens is 1. The van der Waals surface area contributed by atoms with Gasteiger partial charge in [-0.1, -0.05) is 12.1 Å². The van der Waals surface area contributed by atoms with Crippen molar-refractivity contribution in [2.45, 2.75) is 31.9 Å². The van der Waals surface area contributed by atoms with Gasteiger partial charge in [0.05, 0.1) is 5.60 Å². The lowest BCUT2D eigenvalue weighted by Gasteiger charge is -2.24. The molecule has 0 bridgehead atoms. The van der Waals surface area contributed by atoms with Crippen molar-refractivity contribution in [3.05, 3.63) is 29.8 Å². The quantitative estimate of drug-likeness (QED) is 0.427. The Balaban J connectivity index is 0.00000264. The van der Waals surface area contributed by atoms with Gasteiger partial charge in [-0.25, -0.2) is 0 Å². The molecule has 2 rings (SSSR count). The van der Waals surface area contributed by atoms with E-state index in [-0.39, 0.29) is 29.6 Å². The summed E-state index contributed by atoms with van der Waals surface area (Å²) >= 11 is 0. The third kappa shape index (κ3) is 6.18. The van der Waals surface area contributed by atoms with Crippen LogP contribution in [0.5, 0.6) is 0 Å². The molecule has 2 N–H and O–H groups in total. The molecule has 1 aliphatic heterocycles. The van der Waals surface area contributed by atoms with Crippen molar-refractivity contribution in [1.82, 2.24) is 10.6 Å². The van der Waals surface area contributed by atoms with Crippen molar-refractivity contribution in [3.63, 3.8) is 0 Å². The molecule has 0 spiro atoms. The van der Waals surface area contributed by atoms with Crippen molar-refractivity contribution in [2.24, 2.45) is 4.99 Å². The molecule has 1 saturated heterocycles. The number of rotatable bonds is 5. The van der Waals surface area contributed by atoms with Gasteiger partial charge in [0.2, 0.25) is 0 Å². The summed E-state index contributed by atoms with van der Waals surface area (Å²) in [6.07, 6.45) is 2.24. The highest BCUT2D eigenvalue weighted by Gasteiger charge is 2.29. The van der Waals surface area contributed by atoms with Gasteiger partial charge >= 0.3 is 0 Å². The molecule has 1 fully saturated rings. The summed E-state index contributed by atoms with van der Waals surface area (Å²) in [5, 5.41) is 6.70. The van der Waals surface area contributed by atoms with E-state index < -0.39 is 0 Å². The lowest BCUT2D eigenvalue weighted by molar-refractivity contribution is 0.0243. The van der Waals surface area contributed by atoms with E-state index in [1.54, 1.807) is 7.05 Å². The summed E-state index contributed by atoms with van der Waals surface area (Å²) in [5.41, 5.74) is 2.37. The fourth-order valence-electron chi connectivity index (χ4n) is 2.57. The highest BCUT2D eigenvalue weighted by molar-refractivity contribution is 14.0. The molecule has 0 aromatic heterocycles. The predicted molar refractivity (Wildman–Crippen MR) is 108 cm³/mol. The molecule has 1 heterocycles. The summed E-state index contributed by atoms with van der Waals surface area (Å²) in [5.74, 6) is 0.813. The van der Waals surface area contributed by atoms with E-state index in [4.69, 9.17) is 4.74 Å². The van der Waals surface area contributed by atoms with Crippen LogP contribution in [0.15, 0.2) is 29.3 Å². The highest BCUT2D eigenvalue weighted by atomic mass is 127. The van der Waals surface area contributed by atoms with Gasteiger partial charge in [0.1, 0.15) is 0 Å². The van der Waals surface area contributed by atoms with E-state index in [1.165, 1.54) is 11.3 Å². The summed E-state index contributed by atoms with van der Waals surface area (Å²) in [4.78, 5) is 6.37. The standard InChI is InChI=1S/C17H28N4O.HI/c1-17(10-5-11-22-17)13-20-16(18-2)19-12-14-6-8-15(9-7-14)21(3)4;/h6-9H,5,10-13H2,1-4H3,(H2,18,19,20);1H. The SMILES string of the molecule is CN=C(NCc1ccc(N(C)C)cc1)NCC1(C)CCCO1.I. The van der Waals surface area contributed by atoms with Crippen LogP contribution in [-0.2, 0) is 11.3 Å². The average molecular weight is 432 g/mol. The molecule has 1 aromatic rings. The van der Waals surface area contributed by atoms with Crippen LogP contribution in [0, 0.1) is 0 Å². The summed E-state index contributed by atoms with van der Waals surface area (Å²) in [7, 11) is 5.89. The molecule has 0 saturated carbocycles. The third-order valence-corrected chi connectivity index (χ3v) is 4.07. The van der Waals surface area contributed by atoms with E-state index in [0.717, 1.165) is 38.5 Å². The molecule has 1 aliphatic rings. The van der Waals surface area contributed by atoms with Crippen LogP contribution in [0.1, 0.15) is 25.3 Å². The Kier molecular flexibility index (Phi) is 8.11. The van der Waals surface area contributed by atoms with E-state index in [2.05, 4.69) is 51.7 Å². The van der Waals surface area contributed by atoms with Crippen LogP contribution in [0.4, 0.5) is 5.69 Å². The summed E-state index contributed by atoms with van der Waals surface area (Å²) in [6, 6.07) is 8.52. The number of ether oxygens (including phenoxy) is 1. The predicted octanol–water partition coefficient (Wildman–Crippen LogP) is 2.60. The minimum absolute atomic E-state index is 0. The number of hydrogen-bond donors (Lipinski definition) is 2. The second-order valence-corrected chi connectivity index (χ2v) is 6.24. The molecule has 0 aliphatic carbocycles. The highest BCUT2D eigenvalue weighted by Crippen LogP contribution is 2.23. The number of benzene rings is 1. The number of nitrogens with one attached hydrogen (secondary N) is 2. The molecular formula is C17H29IN4O. The van der Waals surface area contributed by atoms with E-state index in [0.29, 0.717) is 0 Å². The van der Waals surface area contributed by atoms with Crippen molar-refractivity contribution in [1.29, 1.82) is 0 Å². The van der Waals surface area contributed by atoms with Gasteiger partial charge in [-0.2, -0.15) is 0 Å². The largest absolute Gasteiger partial charge is 0.378 e. The van der Waals surface area contributed by atoms with Crippen LogP contribution in [0.3, 0.4) is 0 Å². The van der Waals surface area contributed by atoms with Crippen molar-refractivity contribution >= 4 is 35.6 Å². The molecule has 1 atom stereocenters. The number of anilines is 1. The first-order valence-electron chi connectivity index (χ1n) is 7.87. The first kappa shape index (κ1) is 20.0. The van der Waals surface area contributed by atoms with Gasteiger partial charge in [0.15, 0.2) is 5.96 Å². The lowest BCUT2D eigenvalue weighted by atomic mass is 10.0. The molecule has 1 unspecified atom stereocenters. The number of guanidine groups is 1. The Labute approximate surface area is 156 Å². The maximum atomic E-state index is 5.78. The van der Waals surface area contributed by atoms with Gasteiger partial charge < -0.3 is 20.3 Å². The summed E-state index contributed by atoms with van der Waals surface area (Å²) < 4.78 is 5.78. The number of nitrogens with zero attached hydrogens (tertiary/aromatic N) is 2. The minimum Gasteiger partial charge on any atom is -0.378 e. The van der Waals surface area contributed by atoms with E-state index >= 15 is 0 Å². The number of hydrogen-bond acceptors (Lipinski definition) is 3. The fraction of sp³-hybridized carbons (Fsp3) is 0.588. The zero-order valence-corrected chi connectivity index (χ0v) is 16.9. The van der Waals surface area contributed by atoms with Crippen molar-refractivity contribution in [2.75, 3.05) is 39.2 Å². The first-order chi connectivity index (χ1) is 10.5. The molecule has 5 nitrogen and oxygen atoms in total. The average Bonchev–Trinajstić information content (AvgIpc) is 2.95. The van der Waals surface area contributed by atoms with Crippen LogP contribution < -0.4 is 15.5 Å². The van der Waals surface area contributed by atoms with Gasteiger partial charge in [0, 0.05) is 46.5 Å².